The van der Waals surface area contributed by atoms with E-state index in [9.17, 15) is 4.79 Å². The van der Waals surface area contributed by atoms with Gasteiger partial charge in [0.15, 0.2) is 0 Å². The van der Waals surface area contributed by atoms with Gasteiger partial charge >= 0.3 is 5.97 Å². The summed E-state index contributed by atoms with van der Waals surface area (Å²) >= 11 is 0. The molecule has 1 aliphatic heterocycles. The van der Waals surface area contributed by atoms with Gasteiger partial charge in [-0.25, -0.2) is 0 Å². The first-order valence-corrected chi connectivity index (χ1v) is 10.5. The Morgan fingerprint density at radius 1 is 1.17 bits per heavy atom. The van der Waals surface area contributed by atoms with E-state index in [0.717, 1.165) is 12.3 Å². The molecule has 0 aromatic carbocycles. The molecule has 1 spiro atoms. The van der Waals surface area contributed by atoms with Crippen molar-refractivity contribution in [2.45, 2.75) is 85.2 Å². The van der Waals surface area contributed by atoms with E-state index in [2.05, 4.69) is 34.6 Å². The van der Waals surface area contributed by atoms with Crippen LogP contribution in [-0.4, -0.2) is 11.6 Å². The molecule has 5 rings (SSSR count). The largest absolute Gasteiger partial charge is 0.458 e. The van der Waals surface area contributed by atoms with Gasteiger partial charge in [-0.1, -0.05) is 34.1 Å². The van der Waals surface area contributed by atoms with Gasteiger partial charge < -0.3 is 4.74 Å². The Bertz CT molecular complexity index is 613. The summed E-state index contributed by atoms with van der Waals surface area (Å²) in [7, 11) is 0. The van der Waals surface area contributed by atoms with Gasteiger partial charge in [0, 0.05) is 11.8 Å². The molecule has 2 heteroatoms. The summed E-state index contributed by atoms with van der Waals surface area (Å²) in [5, 5.41) is 0. The number of ether oxygens (including phenoxy) is 1. The highest BCUT2D eigenvalue weighted by molar-refractivity contribution is 5.81. The maximum atomic E-state index is 13.0. The SMILES string of the molecule is CCC1(C)C[C@]23C[C@H]1CCC2[C@@]12CCC(C)C(C)(C(=O)O1)C2[C@@H]3C. The summed E-state index contributed by atoms with van der Waals surface area (Å²) in [5.74, 6) is 3.24. The number of hydrogen-bond acceptors (Lipinski definition) is 2. The van der Waals surface area contributed by atoms with Gasteiger partial charge in [-0.2, -0.15) is 0 Å². The molecular formula is C22H34O2. The van der Waals surface area contributed by atoms with E-state index in [1.54, 1.807) is 0 Å². The third-order valence-electron chi connectivity index (χ3n) is 10.5. The van der Waals surface area contributed by atoms with Crippen LogP contribution in [0.5, 0.6) is 0 Å². The van der Waals surface area contributed by atoms with Crippen molar-refractivity contribution in [1.82, 2.24) is 0 Å². The summed E-state index contributed by atoms with van der Waals surface area (Å²) in [6.07, 6.45) is 9.07. The van der Waals surface area contributed by atoms with Crippen molar-refractivity contribution in [2.24, 2.45) is 45.8 Å². The Morgan fingerprint density at radius 3 is 2.62 bits per heavy atom. The summed E-state index contributed by atoms with van der Waals surface area (Å²) < 4.78 is 6.42. The second kappa shape index (κ2) is 4.23. The van der Waals surface area contributed by atoms with E-state index >= 15 is 0 Å². The fraction of sp³-hybridized carbons (Fsp3) is 0.955. The van der Waals surface area contributed by atoms with Gasteiger partial charge in [0.05, 0.1) is 5.41 Å². The Balaban J connectivity index is 1.67. The van der Waals surface area contributed by atoms with Crippen LogP contribution in [0, 0.1) is 45.8 Å². The minimum Gasteiger partial charge on any atom is -0.458 e. The normalized spacial score (nSPS) is 63.9. The molecule has 2 nitrogen and oxygen atoms in total. The van der Waals surface area contributed by atoms with Crippen LogP contribution in [-0.2, 0) is 9.53 Å². The predicted octanol–water partition coefficient (Wildman–Crippen LogP) is 5.21. The predicted molar refractivity (Wildman–Crippen MR) is 94.3 cm³/mol. The van der Waals surface area contributed by atoms with Crippen LogP contribution in [0.1, 0.15) is 79.6 Å². The minimum absolute atomic E-state index is 0.109. The average Bonchev–Trinajstić information content (AvgIpc) is 2.99. The van der Waals surface area contributed by atoms with Gasteiger partial charge in [0.1, 0.15) is 5.60 Å². The number of esters is 1. The molecule has 1 heterocycles. The fourth-order valence-corrected chi connectivity index (χ4v) is 9.03. The molecule has 134 valence electrons. The standard InChI is InChI=1S/C22H34O2/c1-6-19(4)12-21-11-15(19)7-8-16(21)22-10-9-13(2)20(5,18(23)24-22)17(22)14(21)3/h13-17H,6-12H2,1-5H3/t13?,14-,15+,16?,17?,19?,20?,21-,22+/m0/s1. The number of carbonyl (C=O) groups is 1. The summed E-state index contributed by atoms with van der Waals surface area (Å²) in [6, 6.07) is 0. The highest BCUT2D eigenvalue weighted by Gasteiger charge is 2.81. The summed E-state index contributed by atoms with van der Waals surface area (Å²) in [5.41, 5.74) is 0.624. The maximum absolute atomic E-state index is 13.0. The van der Waals surface area contributed by atoms with Gasteiger partial charge in [0.25, 0.3) is 0 Å². The lowest BCUT2D eigenvalue weighted by Crippen LogP contribution is -2.49. The molecule has 1 saturated heterocycles. The lowest BCUT2D eigenvalue weighted by Gasteiger charge is -2.45. The van der Waals surface area contributed by atoms with E-state index in [-0.39, 0.29) is 17.0 Å². The van der Waals surface area contributed by atoms with E-state index < -0.39 is 0 Å². The molecule has 0 aromatic rings. The van der Waals surface area contributed by atoms with Crippen molar-refractivity contribution in [2.75, 3.05) is 0 Å². The molecule has 5 fully saturated rings. The van der Waals surface area contributed by atoms with Crippen molar-refractivity contribution in [1.29, 1.82) is 0 Å². The summed E-state index contributed by atoms with van der Waals surface area (Å²) in [6.45, 7) is 12.0. The Labute approximate surface area is 147 Å². The second-order valence-electron chi connectivity index (χ2n) is 10.8. The van der Waals surface area contributed by atoms with Crippen LogP contribution in [0.25, 0.3) is 0 Å². The van der Waals surface area contributed by atoms with Crippen molar-refractivity contribution < 1.29 is 9.53 Å². The van der Waals surface area contributed by atoms with E-state index in [1.165, 1.54) is 38.5 Å². The smallest absolute Gasteiger partial charge is 0.313 e. The van der Waals surface area contributed by atoms with Crippen molar-refractivity contribution in [3.8, 4) is 0 Å². The topological polar surface area (TPSA) is 26.3 Å². The lowest BCUT2D eigenvalue weighted by molar-refractivity contribution is -0.160. The molecule has 9 atom stereocenters. The minimum atomic E-state index is -0.232. The molecule has 4 bridgehead atoms. The van der Waals surface area contributed by atoms with E-state index in [4.69, 9.17) is 4.74 Å². The quantitative estimate of drug-likeness (QED) is 0.617. The molecular weight excluding hydrogens is 296 g/mol. The van der Waals surface area contributed by atoms with Crippen molar-refractivity contribution >= 4 is 5.97 Å². The van der Waals surface area contributed by atoms with E-state index in [1.807, 2.05) is 0 Å². The van der Waals surface area contributed by atoms with Gasteiger partial charge in [-0.05, 0) is 74.0 Å². The molecule has 0 amide bonds. The third-order valence-corrected chi connectivity index (χ3v) is 10.5. The van der Waals surface area contributed by atoms with Gasteiger partial charge in [-0.15, -0.1) is 0 Å². The highest BCUT2D eigenvalue weighted by atomic mass is 16.6. The zero-order valence-corrected chi connectivity index (χ0v) is 16.2. The average molecular weight is 331 g/mol. The Hall–Kier alpha value is -0.530. The number of fused-ring (bicyclic) bond motifs is 1. The number of hydrogen-bond donors (Lipinski definition) is 0. The first kappa shape index (κ1) is 15.7. The Kier molecular flexibility index (Phi) is 2.77. The van der Waals surface area contributed by atoms with Crippen LogP contribution in [0.4, 0.5) is 0 Å². The van der Waals surface area contributed by atoms with E-state index in [0.29, 0.717) is 34.5 Å². The molecule has 4 aliphatic carbocycles. The van der Waals surface area contributed by atoms with Crippen LogP contribution in [0.15, 0.2) is 0 Å². The maximum Gasteiger partial charge on any atom is 0.313 e. The molecule has 4 saturated carbocycles. The fourth-order valence-electron chi connectivity index (χ4n) is 9.03. The molecule has 0 aromatic heterocycles. The summed E-state index contributed by atoms with van der Waals surface area (Å²) in [4.78, 5) is 13.0. The molecule has 5 aliphatic rings. The first-order chi connectivity index (χ1) is 11.2. The first-order valence-electron chi connectivity index (χ1n) is 10.5. The van der Waals surface area contributed by atoms with Crippen LogP contribution < -0.4 is 0 Å². The van der Waals surface area contributed by atoms with Crippen LogP contribution in [0.3, 0.4) is 0 Å². The van der Waals surface area contributed by atoms with Gasteiger partial charge in [-0.3, -0.25) is 4.79 Å². The molecule has 0 N–H and O–H groups in total. The zero-order valence-electron chi connectivity index (χ0n) is 16.2. The van der Waals surface area contributed by atoms with Crippen molar-refractivity contribution in [3.63, 3.8) is 0 Å². The number of carbonyl (C=O) groups excluding carboxylic acids is 1. The van der Waals surface area contributed by atoms with Crippen molar-refractivity contribution in [3.05, 3.63) is 0 Å². The van der Waals surface area contributed by atoms with Crippen LogP contribution in [0.2, 0.25) is 0 Å². The van der Waals surface area contributed by atoms with Crippen LogP contribution >= 0.6 is 0 Å². The third kappa shape index (κ3) is 1.36. The number of rotatable bonds is 1. The lowest BCUT2D eigenvalue weighted by atomic mass is 9.56. The van der Waals surface area contributed by atoms with Gasteiger partial charge in [0.2, 0.25) is 0 Å². The molecule has 24 heavy (non-hydrogen) atoms. The highest BCUT2D eigenvalue weighted by Crippen LogP contribution is 2.80. The molecule has 5 unspecified atom stereocenters. The zero-order chi connectivity index (χ0) is 17.1. The Morgan fingerprint density at radius 2 is 1.92 bits per heavy atom. The molecule has 0 radical (unpaired) electrons. The second-order valence-corrected chi connectivity index (χ2v) is 10.8. The monoisotopic (exact) mass is 330 g/mol.